The quantitative estimate of drug-likeness (QED) is 0.744. The van der Waals surface area contributed by atoms with Gasteiger partial charge in [0, 0.05) is 57.5 Å². The molecule has 2 aliphatic rings. The average Bonchev–Trinajstić information content (AvgIpc) is 2.68. The van der Waals surface area contributed by atoms with Crippen LogP contribution in [0.25, 0.3) is 0 Å². The van der Waals surface area contributed by atoms with Crippen LogP contribution in [0.4, 0.5) is 0 Å². The third kappa shape index (κ3) is 5.40. The zero-order chi connectivity index (χ0) is 17.5. The predicted octanol–water partition coefficient (Wildman–Crippen LogP) is 3.44. The minimum Gasteiger partial charge on any atom is -0.342 e. The molecule has 0 aromatic carbocycles. The minimum atomic E-state index is 0.306. The summed E-state index contributed by atoms with van der Waals surface area (Å²) in [5.74, 6) is 0.306. The number of nitrogens with zero attached hydrogens (tertiary/aromatic N) is 3. The number of carbonyl (C=O) groups is 1. The Labute approximate surface area is 151 Å². The highest BCUT2D eigenvalue weighted by atomic mass is 16.2. The molecule has 0 saturated carbocycles. The summed E-state index contributed by atoms with van der Waals surface area (Å²) in [5.41, 5.74) is 2.52. The topological polar surface area (TPSA) is 36.4 Å². The van der Waals surface area contributed by atoms with E-state index in [9.17, 15) is 4.79 Å². The number of pyridine rings is 1. The van der Waals surface area contributed by atoms with Crippen LogP contribution in [0.15, 0.2) is 36.0 Å². The van der Waals surface area contributed by atoms with Crippen molar-refractivity contribution < 1.29 is 4.79 Å². The fourth-order valence-electron chi connectivity index (χ4n) is 3.94. The van der Waals surface area contributed by atoms with E-state index in [1.54, 1.807) is 0 Å². The molecule has 4 nitrogen and oxygen atoms in total. The second-order valence-electron chi connectivity index (χ2n) is 7.43. The standard InChI is InChI=1S/C21H31N3O/c1-23(21(25)17-18-7-3-2-4-8-18)20-11-15-24(16-12-20)14-10-19-9-5-6-13-22-19/h5-7,9,13,20H,2-4,8,10-12,14-17H2,1H3. The van der Waals surface area contributed by atoms with Gasteiger partial charge in [-0.25, -0.2) is 0 Å². The van der Waals surface area contributed by atoms with Crippen molar-refractivity contribution in [2.75, 3.05) is 26.7 Å². The van der Waals surface area contributed by atoms with Crippen LogP contribution >= 0.6 is 0 Å². The largest absolute Gasteiger partial charge is 0.342 e. The zero-order valence-electron chi connectivity index (χ0n) is 15.5. The number of amides is 1. The second-order valence-corrected chi connectivity index (χ2v) is 7.43. The van der Waals surface area contributed by atoms with Gasteiger partial charge >= 0.3 is 0 Å². The minimum absolute atomic E-state index is 0.306. The van der Waals surface area contributed by atoms with Gasteiger partial charge in [0.05, 0.1) is 0 Å². The lowest BCUT2D eigenvalue weighted by Crippen LogP contribution is -2.46. The van der Waals surface area contributed by atoms with Crippen molar-refractivity contribution in [1.29, 1.82) is 0 Å². The van der Waals surface area contributed by atoms with E-state index in [2.05, 4.69) is 28.1 Å². The number of likely N-dealkylation sites (tertiary alicyclic amines) is 1. The summed E-state index contributed by atoms with van der Waals surface area (Å²) >= 11 is 0. The molecule has 0 spiro atoms. The summed E-state index contributed by atoms with van der Waals surface area (Å²) in [6.07, 6.45) is 12.8. The van der Waals surface area contributed by atoms with E-state index in [-0.39, 0.29) is 0 Å². The second kappa shape index (κ2) is 9.14. The average molecular weight is 341 g/mol. The molecule has 0 radical (unpaired) electrons. The molecule has 4 heteroatoms. The summed E-state index contributed by atoms with van der Waals surface area (Å²) in [6.45, 7) is 3.23. The van der Waals surface area contributed by atoms with Gasteiger partial charge in [-0.15, -0.1) is 0 Å². The molecule has 25 heavy (non-hydrogen) atoms. The number of hydrogen-bond donors (Lipinski definition) is 0. The van der Waals surface area contributed by atoms with Gasteiger partial charge in [0.2, 0.25) is 5.91 Å². The molecule has 0 N–H and O–H groups in total. The first kappa shape index (κ1) is 18.1. The molecule has 1 fully saturated rings. The van der Waals surface area contributed by atoms with E-state index in [0.717, 1.165) is 57.4 Å². The smallest absolute Gasteiger partial charge is 0.226 e. The predicted molar refractivity (Wildman–Crippen MR) is 101 cm³/mol. The molecular weight excluding hydrogens is 310 g/mol. The van der Waals surface area contributed by atoms with Crippen molar-refractivity contribution in [2.45, 2.75) is 57.4 Å². The van der Waals surface area contributed by atoms with Gasteiger partial charge in [-0.1, -0.05) is 17.7 Å². The first-order valence-electron chi connectivity index (χ1n) is 9.78. The van der Waals surface area contributed by atoms with Gasteiger partial charge in [0.15, 0.2) is 0 Å². The van der Waals surface area contributed by atoms with Crippen LogP contribution < -0.4 is 0 Å². The molecule has 1 saturated heterocycles. The van der Waals surface area contributed by atoms with E-state index in [4.69, 9.17) is 0 Å². The molecule has 1 aliphatic carbocycles. The van der Waals surface area contributed by atoms with Crippen LogP contribution in [0.5, 0.6) is 0 Å². The van der Waals surface area contributed by atoms with Crippen molar-refractivity contribution >= 4 is 5.91 Å². The normalized spacial score (nSPS) is 19.5. The van der Waals surface area contributed by atoms with Crippen LogP contribution in [-0.2, 0) is 11.2 Å². The third-order valence-corrected chi connectivity index (χ3v) is 5.67. The van der Waals surface area contributed by atoms with Crippen molar-refractivity contribution in [1.82, 2.24) is 14.8 Å². The fourth-order valence-corrected chi connectivity index (χ4v) is 3.94. The fraction of sp³-hybridized carbons (Fsp3) is 0.619. The first-order chi connectivity index (χ1) is 12.2. The summed E-state index contributed by atoms with van der Waals surface area (Å²) in [6, 6.07) is 6.52. The Bertz CT molecular complexity index is 576. The number of carbonyl (C=O) groups excluding carboxylic acids is 1. The molecule has 3 rings (SSSR count). The van der Waals surface area contributed by atoms with Crippen LogP contribution in [0.1, 0.15) is 50.6 Å². The summed E-state index contributed by atoms with van der Waals surface area (Å²) in [7, 11) is 2.00. The Morgan fingerprint density at radius 2 is 2.12 bits per heavy atom. The van der Waals surface area contributed by atoms with Crippen molar-refractivity contribution in [3.8, 4) is 0 Å². The Morgan fingerprint density at radius 1 is 1.28 bits per heavy atom. The lowest BCUT2D eigenvalue weighted by atomic mass is 9.96. The van der Waals surface area contributed by atoms with Crippen LogP contribution in [0.2, 0.25) is 0 Å². The molecule has 1 aliphatic heterocycles. The first-order valence-corrected chi connectivity index (χ1v) is 9.78. The maximum absolute atomic E-state index is 12.6. The lowest BCUT2D eigenvalue weighted by molar-refractivity contribution is -0.132. The molecule has 2 heterocycles. The van der Waals surface area contributed by atoms with Gasteiger partial charge in [-0.2, -0.15) is 0 Å². The van der Waals surface area contributed by atoms with Crippen LogP contribution in [0.3, 0.4) is 0 Å². The maximum Gasteiger partial charge on any atom is 0.226 e. The van der Waals surface area contributed by atoms with E-state index in [1.165, 1.54) is 18.4 Å². The maximum atomic E-state index is 12.6. The molecule has 1 aromatic rings. The lowest BCUT2D eigenvalue weighted by Gasteiger charge is -2.37. The van der Waals surface area contributed by atoms with Gasteiger partial charge < -0.3 is 9.80 Å². The van der Waals surface area contributed by atoms with Gasteiger partial charge in [0.1, 0.15) is 0 Å². The Morgan fingerprint density at radius 3 is 2.80 bits per heavy atom. The van der Waals surface area contributed by atoms with Crippen LogP contribution in [0, 0.1) is 0 Å². The highest BCUT2D eigenvalue weighted by Gasteiger charge is 2.25. The summed E-state index contributed by atoms with van der Waals surface area (Å²) in [5, 5.41) is 0. The number of rotatable bonds is 6. The van der Waals surface area contributed by atoms with E-state index in [0.29, 0.717) is 18.4 Å². The SMILES string of the molecule is CN(C(=O)CC1=CCCCC1)C1CCN(CCc2ccccn2)CC1. The molecular formula is C21H31N3O. The Balaban J connectivity index is 1.40. The molecule has 0 atom stereocenters. The van der Waals surface area contributed by atoms with E-state index >= 15 is 0 Å². The molecule has 0 unspecified atom stereocenters. The number of aromatic nitrogens is 1. The van der Waals surface area contributed by atoms with E-state index in [1.807, 2.05) is 24.2 Å². The van der Waals surface area contributed by atoms with Crippen molar-refractivity contribution in [3.63, 3.8) is 0 Å². The van der Waals surface area contributed by atoms with Gasteiger partial charge in [0.25, 0.3) is 0 Å². The summed E-state index contributed by atoms with van der Waals surface area (Å²) < 4.78 is 0. The van der Waals surface area contributed by atoms with E-state index < -0.39 is 0 Å². The number of allylic oxidation sites excluding steroid dienone is 1. The molecule has 136 valence electrons. The molecule has 0 bridgehead atoms. The highest BCUT2D eigenvalue weighted by Crippen LogP contribution is 2.22. The summed E-state index contributed by atoms with van der Waals surface area (Å²) in [4.78, 5) is 21.5. The Kier molecular flexibility index (Phi) is 6.62. The van der Waals surface area contributed by atoms with Gasteiger partial charge in [-0.3, -0.25) is 9.78 Å². The molecule has 1 amide bonds. The van der Waals surface area contributed by atoms with Gasteiger partial charge in [-0.05, 0) is 50.7 Å². The zero-order valence-corrected chi connectivity index (χ0v) is 15.5. The van der Waals surface area contributed by atoms with Crippen LogP contribution in [-0.4, -0.2) is 53.4 Å². The van der Waals surface area contributed by atoms with Crippen molar-refractivity contribution in [2.24, 2.45) is 0 Å². The van der Waals surface area contributed by atoms with Crippen molar-refractivity contribution in [3.05, 3.63) is 41.7 Å². The molecule has 1 aromatic heterocycles. The number of piperidine rings is 1. The highest BCUT2D eigenvalue weighted by molar-refractivity contribution is 5.78. The third-order valence-electron chi connectivity index (χ3n) is 5.67. The Hall–Kier alpha value is -1.68. The number of hydrogen-bond acceptors (Lipinski definition) is 3. The monoisotopic (exact) mass is 341 g/mol.